The normalized spacial score (nSPS) is 15.9. The minimum atomic E-state index is -4.71. The van der Waals surface area contributed by atoms with Crippen LogP contribution in [-0.2, 0) is 32.4 Å². The number of nitrogens with zero attached hydrogens (tertiary/aromatic N) is 2. The maximum Gasteiger partial charge on any atom is 0.416 e. The van der Waals surface area contributed by atoms with Gasteiger partial charge < -0.3 is 18.7 Å². The molecule has 1 saturated heterocycles. The summed E-state index contributed by atoms with van der Waals surface area (Å²) in [5, 5.41) is 0. The van der Waals surface area contributed by atoms with E-state index in [1.807, 2.05) is 38.7 Å². The van der Waals surface area contributed by atoms with Crippen molar-refractivity contribution in [1.82, 2.24) is 4.90 Å². The second-order valence-electron chi connectivity index (χ2n) is 10.0. The smallest absolute Gasteiger partial charge is 0.379 e. The van der Waals surface area contributed by atoms with Gasteiger partial charge in [-0.2, -0.15) is 21.6 Å². The van der Waals surface area contributed by atoms with E-state index in [4.69, 9.17) is 8.92 Å². The average molecular weight is 571 g/mol. The van der Waals surface area contributed by atoms with Gasteiger partial charge in [-0.05, 0) is 56.9 Å². The van der Waals surface area contributed by atoms with Gasteiger partial charge in [0.2, 0.25) is 5.91 Å². The van der Waals surface area contributed by atoms with Crippen LogP contribution in [0.3, 0.4) is 0 Å². The van der Waals surface area contributed by atoms with E-state index in [9.17, 15) is 26.4 Å². The number of rotatable bonds is 12. The van der Waals surface area contributed by atoms with Crippen molar-refractivity contribution in [3.05, 3.63) is 53.6 Å². The van der Waals surface area contributed by atoms with E-state index in [-0.39, 0.29) is 30.2 Å². The Morgan fingerprint density at radius 2 is 1.85 bits per heavy atom. The van der Waals surface area contributed by atoms with E-state index < -0.39 is 26.8 Å². The molecule has 39 heavy (non-hydrogen) atoms. The van der Waals surface area contributed by atoms with Crippen molar-refractivity contribution in [2.75, 3.05) is 31.1 Å². The third-order valence-electron chi connectivity index (χ3n) is 6.57. The number of carbonyl (C=O) groups is 1. The molecule has 1 heterocycles. The van der Waals surface area contributed by atoms with Gasteiger partial charge in [0.25, 0.3) is 0 Å². The molecule has 0 N–H and O–H groups in total. The van der Waals surface area contributed by atoms with Gasteiger partial charge in [-0.15, -0.1) is 0 Å². The summed E-state index contributed by atoms with van der Waals surface area (Å²) in [7, 11) is -4.62. The Kier molecular flexibility index (Phi) is 10.3. The molecule has 3 rings (SSSR count). The minimum absolute atomic E-state index is 0.0356. The Bertz CT molecular complexity index is 1220. The Labute approximate surface area is 229 Å². The highest BCUT2D eigenvalue weighted by Crippen LogP contribution is 2.33. The zero-order chi connectivity index (χ0) is 28.8. The first kappa shape index (κ1) is 30.7. The van der Waals surface area contributed by atoms with Crippen LogP contribution in [0.2, 0.25) is 0 Å². The predicted molar refractivity (Wildman–Crippen MR) is 143 cm³/mol. The molecule has 0 aliphatic carbocycles. The fourth-order valence-electron chi connectivity index (χ4n) is 4.50. The number of carbonyl (C=O) groups excluding carboxylic acids is 1. The zero-order valence-corrected chi connectivity index (χ0v) is 23.6. The predicted octanol–water partition coefficient (Wildman–Crippen LogP) is 5.87. The number of anilines is 1. The summed E-state index contributed by atoms with van der Waals surface area (Å²) < 4.78 is 77.4. The van der Waals surface area contributed by atoms with Crippen LogP contribution >= 0.6 is 0 Å². The number of amides is 1. The Morgan fingerprint density at radius 3 is 2.44 bits per heavy atom. The number of hydrogen-bond donors (Lipinski definition) is 0. The van der Waals surface area contributed by atoms with Crippen LogP contribution in [0.4, 0.5) is 18.9 Å². The summed E-state index contributed by atoms with van der Waals surface area (Å²) in [4.78, 5) is 16.2. The molecule has 0 bridgehead atoms. The lowest BCUT2D eigenvalue weighted by Gasteiger charge is -2.28. The van der Waals surface area contributed by atoms with E-state index in [0.717, 1.165) is 31.0 Å². The number of alkyl halides is 3. The molecule has 2 aromatic rings. The molecule has 1 amide bonds. The SMILES string of the molecule is CCN(CC)c1ccc(CN(C[C@@H]2CCCO2)C(=O)CC(C)C)c(OS(=O)(=O)c2cccc(C(F)(F)F)c2)c1. The molecule has 1 aliphatic rings. The standard InChI is InChI=1S/C28H37F3N2O5S/c1-5-32(6-2)23-13-12-21(18-33(27(34)15-20(3)4)19-24-10-8-14-37-24)26(17-23)38-39(35,36)25-11-7-9-22(16-25)28(29,30)31/h7,9,11-13,16-17,20,24H,5-6,8,10,14-15,18-19H2,1-4H3/t24-/m0/s1. The number of benzene rings is 2. The van der Waals surface area contributed by atoms with Crippen molar-refractivity contribution in [1.29, 1.82) is 0 Å². The Morgan fingerprint density at radius 1 is 1.13 bits per heavy atom. The molecule has 2 aromatic carbocycles. The maximum atomic E-state index is 13.3. The first-order chi connectivity index (χ1) is 18.3. The second kappa shape index (κ2) is 13.0. The second-order valence-corrected chi connectivity index (χ2v) is 11.6. The summed E-state index contributed by atoms with van der Waals surface area (Å²) in [6.07, 6.45) is -2.80. The first-order valence-electron chi connectivity index (χ1n) is 13.2. The van der Waals surface area contributed by atoms with Crippen molar-refractivity contribution < 1.29 is 35.3 Å². The highest BCUT2D eigenvalue weighted by Gasteiger charge is 2.32. The summed E-state index contributed by atoms with van der Waals surface area (Å²) in [6, 6.07) is 8.53. The van der Waals surface area contributed by atoms with Crippen LogP contribution < -0.4 is 9.08 Å². The van der Waals surface area contributed by atoms with Gasteiger partial charge in [-0.25, -0.2) is 0 Å². The Balaban J connectivity index is 2.01. The highest BCUT2D eigenvalue weighted by molar-refractivity contribution is 7.87. The van der Waals surface area contributed by atoms with Crippen LogP contribution in [0.15, 0.2) is 47.4 Å². The van der Waals surface area contributed by atoms with Gasteiger partial charge >= 0.3 is 16.3 Å². The van der Waals surface area contributed by atoms with Gasteiger partial charge in [0.05, 0.1) is 11.7 Å². The third kappa shape index (κ3) is 8.35. The van der Waals surface area contributed by atoms with E-state index in [1.165, 1.54) is 0 Å². The van der Waals surface area contributed by atoms with Crippen LogP contribution in [0.25, 0.3) is 0 Å². The first-order valence-corrected chi connectivity index (χ1v) is 14.6. The number of hydrogen-bond acceptors (Lipinski definition) is 6. The Hall–Kier alpha value is -2.79. The molecule has 0 radical (unpaired) electrons. The molecule has 0 unspecified atom stereocenters. The molecule has 1 atom stereocenters. The quantitative estimate of drug-likeness (QED) is 0.297. The maximum absolute atomic E-state index is 13.3. The van der Waals surface area contributed by atoms with Gasteiger partial charge in [-0.3, -0.25) is 4.79 Å². The summed E-state index contributed by atoms with van der Waals surface area (Å²) >= 11 is 0. The van der Waals surface area contributed by atoms with Crippen molar-refractivity contribution in [2.24, 2.45) is 5.92 Å². The third-order valence-corrected chi connectivity index (χ3v) is 7.80. The topological polar surface area (TPSA) is 76.2 Å². The molecule has 0 saturated carbocycles. The molecule has 0 aromatic heterocycles. The lowest BCUT2D eigenvalue weighted by molar-refractivity contribution is -0.137. The molecule has 7 nitrogen and oxygen atoms in total. The molecule has 216 valence electrons. The van der Waals surface area contributed by atoms with Gasteiger partial charge in [-0.1, -0.05) is 26.0 Å². The van der Waals surface area contributed by atoms with Gasteiger partial charge in [0.1, 0.15) is 10.6 Å². The summed E-state index contributed by atoms with van der Waals surface area (Å²) in [5.41, 5.74) is 0.0278. The van der Waals surface area contributed by atoms with Crippen LogP contribution in [0, 0.1) is 5.92 Å². The van der Waals surface area contributed by atoms with Crippen molar-refractivity contribution in [3.8, 4) is 5.75 Å². The van der Waals surface area contributed by atoms with Crippen molar-refractivity contribution >= 4 is 21.7 Å². The van der Waals surface area contributed by atoms with Crippen LogP contribution in [0.1, 0.15) is 58.1 Å². The lowest BCUT2D eigenvalue weighted by atomic mass is 10.1. The van der Waals surface area contributed by atoms with E-state index in [2.05, 4.69) is 0 Å². The van der Waals surface area contributed by atoms with Crippen LogP contribution in [0.5, 0.6) is 5.75 Å². The fourth-order valence-corrected chi connectivity index (χ4v) is 5.51. The largest absolute Gasteiger partial charge is 0.416 e. The van der Waals surface area contributed by atoms with E-state index >= 15 is 0 Å². The molecular weight excluding hydrogens is 533 g/mol. The monoisotopic (exact) mass is 570 g/mol. The highest BCUT2D eigenvalue weighted by atomic mass is 32.2. The summed E-state index contributed by atoms with van der Waals surface area (Å²) in [6.45, 7) is 10.1. The average Bonchev–Trinajstić information content (AvgIpc) is 3.38. The molecular formula is C28H37F3N2O5S. The minimum Gasteiger partial charge on any atom is -0.379 e. The molecule has 1 fully saturated rings. The summed E-state index contributed by atoms with van der Waals surface area (Å²) in [5.74, 6) is -0.0157. The van der Waals surface area contributed by atoms with Crippen molar-refractivity contribution in [3.63, 3.8) is 0 Å². The zero-order valence-electron chi connectivity index (χ0n) is 22.8. The van der Waals surface area contributed by atoms with E-state index in [1.54, 1.807) is 17.0 Å². The molecule has 11 heteroatoms. The molecule has 1 aliphatic heterocycles. The van der Waals surface area contributed by atoms with Crippen molar-refractivity contribution in [2.45, 2.75) is 70.7 Å². The van der Waals surface area contributed by atoms with Gasteiger partial charge in [0, 0.05) is 56.5 Å². The van der Waals surface area contributed by atoms with E-state index in [0.29, 0.717) is 50.0 Å². The van der Waals surface area contributed by atoms with Gasteiger partial charge in [0.15, 0.2) is 0 Å². The molecule has 0 spiro atoms. The lowest BCUT2D eigenvalue weighted by Crippen LogP contribution is -2.37. The van der Waals surface area contributed by atoms with Crippen LogP contribution in [-0.4, -0.2) is 51.6 Å². The fraction of sp³-hybridized carbons (Fsp3) is 0.536. The number of halogens is 3. The number of ether oxygens (including phenoxy) is 1.